The van der Waals surface area contributed by atoms with Crippen molar-refractivity contribution in [3.05, 3.63) is 64.7 Å². The zero-order valence-electron chi connectivity index (χ0n) is 13.3. The SMILES string of the molecule is Cc1ccccc1OCC(O)CNC(C)c1cccc(Cl)c1.Cl. The molecule has 23 heavy (non-hydrogen) atoms. The second-order valence-electron chi connectivity index (χ2n) is 5.42. The van der Waals surface area contributed by atoms with Gasteiger partial charge in [-0.15, -0.1) is 12.4 Å². The highest BCUT2D eigenvalue weighted by atomic mass is 35.5. The summed E-state index contributed by atoms with van der Waals surface area (Å²) in [7, 11) is 0. The normalized spacial score (nSPS) is 13.0. The van der Waals surface area contributed by atoms with Crippen LogP contribution in [-0.2, 0) is 0 Å². The number of aryl methyl sites for hydroxylation is 1. The number of ether oxygens (including phenoxy) is 1. The molecule has 0 aliphatic heterocycles. The summed E-state index contributed by atoms with van der Waals surface area (Å²) in [5.74, 6) is 0.810. The van der Waals surface area contributed by atoms with Gasteiger partial charge in [-0.05, 0) is 43.2 Å². The molecular formula is C18H23Cl2NO2. The topological polar surface area (TPSA) is 41.5 Å². The number of nitrogens with one attached hydrogen (secondary N) is 1. The van der Waals surface area contributed by atoms with E-state index in [2.05, 4.69) is 5.32 Å². The van der Waals surface area contributed by atoms with Gasteiger partial charge in [0.25, 0.3) is 0 Å². The first kappa shape index (κ1) is 19.8. The van der Waals surface area contributed by atoms with Crippen molar-refractivity contribution in [1.29, 1.82) is 0 Å². The van der Waals surface area contributed by atoms with Gasteiger partial charge in [-0.2, -0.15) is 0 Å². The third-order valence-corrected chi connectivity index (χ3v) is 3.77. The Morgan fingerprint density at radius 2 is 1.91 bits per heavy atom. The Kier molecular flexibility index (Phi) is 8.42. The Labute approximate surface area is 149 Å². The molecule has 0 spiro atoms. The van der Waals surface area contributed by atoms with Crippen LogP contribution < -0.4 is 10.1 Å². The van der Waals surface area contributed by atoms with Gasteiger partial charge in [-0.3, -0.25) is 0 Å². The van der Waals surface area contributed by atoms with Crippen LogP contribution in [0.25, 0.3) is 0 Å². The molecule has 0 saturated carbocycles. The molecule has 5 heteroatoms. The molecule has 2 unspecified atom stereocenters. The average Bonchev–Trinajstić information content (AvgIpc) is 2.52. The quantitative estimate of drug-likeness (QED) is 0.783. The molecule has 0 aliphatic carbocycles. The van der Waals surface area contributed by atoms with Crippen LogP contribution in [0.4, 0.5) is 0 Å². The second-order valence-corrected chi connectivity index (χ2v) is 5.85. The molecule has 2 atom stereocenters. The van der Waals surface area contributed by atoms with E-state index in [-0.39, 0.29) is 25.1 Å². The second kappa shape index (κ2) is 9.78. The van der Waals surface area contributed by atoms with Crippen molar-refractivity contribution >= 4 is 24.0 Å². The molecule has 0 aromatic heterocycles. The lowest BCUT2D eigenvalue weighted by Gasteiger charge is -2.18. The Morgan fingerprint density at radius 1 is 1.17 bits per heavy atom. The van der Waals surface area contributed by atoms with Gasteiger partial charge in [0, 0.05) is 17.6 Å². The van der Waals surface area contributed by atoms with Crippen LogP contribution in [-0.4, -0.2) is 24.4 Å². The number of rotatable bonds is 7. The molecule has 0 heterocycles. The zero-order valence-corrected chi connectivity index (χ0v) is 14.9. The number of benzene rings is 2. The van der Waals surface area contributed by atoms with Crippen LogP contribution in [0.5, 0.6) is 5.75 Å². The average molecular weight is 356 g/mol. The molecular weight excluding hydrogens is 333 g/mol. The number of hydrogen-bond donors (Lipinski definition) is 2. The molecule has 2 rings (SSSR count). The van der Waals surface area contributed by atoms with Crippen LogP contribution in [0.1, 0.15) is 24.1 Å². The molecule has 0 saturated heterocycles. The van der Waals surface area contributed by atoms with E-state index < -0.39 is 6.10 Å². The summed E-state index contributed by atoms with van der Waals surface area (Å²) >= 11 is 5.99. The Balaban J connectivity index is 0.00000264. The smallest absolute Gasteiger partial charge is 0.122 e. The largest absolute Gasteiger partial charge is 0.491 e. The van der Waals surface area contributed by atoms with Crippen molar-refractivity contribution in [2.45, 2.75) is 26.0 Å². The van der Waals surface area contributed by atoms with Crippen LogP contribution in [0, 0.1) is 6.92 Å². The maximum atomic E-state index is 10.0. The first-order chi connectivity index (χ1) is 10.6. The van der Waals surface area contributed by atoms with E-state index in [1.165, 1.54) is 0 Å². The van der Waals surface area contributed by atoms with Crippen LogP contribution in [0.3, 0.4) is 0 Å². The Bertz CT molecular complexity index is 607. The fourth-order valence-electron chi connectivity index (χ4n) is 2.17. The molecule has 126 valence electrons. The fourth-order valence-corrected chi connectivity index (χ4v) is 2.37. The summed E-state index contributed by atoms with van der Waals surface area (Å²) < 4.78 is 5.64. The molecule has 0 bridgehead atoms. The Hall–Kier alpha value is -1.26. The van der Waals surface area contributed by atoms with Crippen molar-refractivity contribution < 1.29 is 9.84 Å². The summed E-state index contributed by atoms with van der Waals surface area (Å²) in [4.78, 5) is 0. The molecule has 2 aromatic rings. The van der Waals surface area contributed by atoms with Crippen LogP contribution in [0.2, 0.25) is 5.02 Å². The number of hydrogen-bond acceptors (Lipinski definition) is 3. The van der Waals surface area contributed by atoms with E-state index in [0.29, 0.717) is 6.54 Å². The molecule has 0 aliphatic rings. The highest BCUT2D eigenvalue weighted by molar-refractivity contribution is 6.30. The first-order valence-corrected chi connectivity index (χ1v) is 7.79. The monoisotopic (exact) mass is 355 g/mol. The Morgan fingerprint density at radius 3 is 2.61 bits per heavy atom. The summed E-state index contributed by atoms with van der Waals surface area (Å²) in [6.45, 7) is 4.75. The van der Waals surface area contributed by atoms with Gasteiger partial charge in [0.1, 0.15) is 18.5 Å². The van der Waals surface area contributed by atoms with E-state index in [1.54, 1.807) is 0 Å². The van der Waals surface area contributed by atoms with Gasteiger partial charge in [0.05, 0.1) is 0 Å². The van der Waals surface area contributed by atoms with Crippen molar-refractivity contribution in [1.82, 2.24) is 5.32 Å². The number of para-hydroxylation sites is 1. The van der Waals surface area contributed by atoms with Crippen LogP contribution in [0.15, 0.2) is 48.5 Å². The van der Waals surface area contributed by atoms with Crippen LogP contribution >= 0.6 is 24.0 Å². The van der Waals surface area contributed by atoms with Gasteiger partial charge < -0.3 is 15.2 Å². The van der Waals surface area contributed by atoms with Gasteiger partial charge in [-0.1, -0.05) is 41.9 Å². The lowest BCUT2D eigenvalue weighted by molar-refractivity contribution is 0.104. The van der Waals surface area contributed by atoms with Gasteiger partial charge in [-0.25, -0.2) is 0 Å². The number of halogens is 2. The maximum absolute atomic E-state index is 10.0. The summed E-state index contributed by atoms with van der Waals surface area (Å²) in [5.41, 5.74) is 2.16. The van der Waals surface area contributed by atoms with Crippen molar-refractivity contribution in [2.75, 3.05) is 13.2 Å². The van der Waals surface area contributed by atoms with Crippen molar-refractivity contribution in [2.24, 2.45) is 0 Å². The highest BCUT2D eigenvalue weighted by Gasteiger charge is 2.10. The first-order valence-electron chi connectivity index (χ1n) is 7.41. The van der Waals surface area contributed by atoms with Gasteiger partial charge in [0.2, 0.25) is 0 Å². The lowest BCUT2D eigenvalue weighted by atomic mass is 10.1. The standard InChI is InChI=1S/C18H22ClNO2.ClH/c1-13-6-3-4-9-18(13)22-12-17(21)11-20-14(2)15-7-5-8-16(19)10-15;/h3-10,14,17,20-21H,11-12H2,1-2H3;1H. The third kappa shape index (κ3) is 6.40. The fraction of sp³-hybridized carbons (Fsp3) is 0.333. The van der Waals surface area contributed by atoms with E-state index in [4.69, 9.17) is 16.3 Å². The van der Waals surface area contributed by atoms with Crippen molar-refractivity contribution in [3.8, 4) is 5.75 Å². The minimum atomic E-state index is -0.568. The number of aliphatic hydroxyl groups excluding tert-OH is 1. The molecule has 0 amide bonds. The third-order valence-electron chi connectivity index (χ3n) is 3.53. The minimum Gasteiger partial charge on any atom is -0.491 e. The van der Waals surface area contributed by atoms with Crippen molar-refractivity contribution in [3.63, 3.8) is 0 Å². The molecule has 2 N–H and O–H groups in total. The summed E-state index contributed by atoms with van der Waals surface area (Å²) in [5, 5.41) is 14.0. The predicted octanol–water partition coefficient (Wildman–Crippen LogP) is 4.16. The minimum absolute atomic E-state index is 0. The summed E-state index contributed by atoms with van der Waals surface area (Å²) in [6.07, 6.45) is -0.568. The molecule has 2 aromatic carbocycles. The molecule has 3 nitrogen and oxygen atoms in total. The van der Waals surface area contributed by atoms with Gasteiger partial charge >= 0.3 is 0 Å². The van der Waals surface area contributed by atoms with E-state index >= 15 is 0 Å². The maximum Gasteiger partial charge on any atom is 0.122 e. The summed E-state index contributed by atoms with van der Waals surface area (Å²) in [6, 6.07) is 15.6. The van der Waals surface area contributed by atoms with Gasteiger partial charge in [0.15, 0.2) is 0 Å². The number of aliphatic hydroxyl groups is 1. The molecule has 0 fully saturated rings. The predicted molar refractivity (Wildman–Crippen MR) is 97.8 cm³/mol. The van der Waals surface area contributed by atoms with E-state index in [0.717, 1.165) is 21.9 Å². The zero-order chi connectivity index (χ0) is 15.9. The van der Waals surface area contributed by atoms with E-state index in [9.17, 15) is 5.11 Å². The highest BCUT2D eigenvalue weighted by Crippen LogP contribution is 2.18. The van der Waals surface area contributed by atoms with E-state index in [1.807, 2.05) is 62.4 Å². The molecule has 0 radical (unpaired) electrons. The lowest BCUT2D eigenvalue weighted by Crippen LogP contribution is -2.33.